The molecule has 2 amide bonds. The van der Waals surface area contributed by atoms with Crippen molar-refractivity contribution in [1.82, 2.24) is 25.0 Å². The molecule has 2 N–H and O–H groups in total. The van der Waals surface area contributed by atoms with Crippen LogP contribution in [0.3, 0.4) is 0 Å². The number of aromatic nitrogens is 1. The molecule has 3 aromatic rings. The number of piperidine rings is 2. The normalized spacial score (nSPS) is 18.2. The van der Waals surface area contributed by atoms with Gasteiger partial charge in [0.2, 0.25) is 5.91 Å². The summed E-state index contributed by atoms with van der Waals surface area (Å²) in [5.41, 5.74) is 2.42. The second-order valence-electron chi connectivity index (χ2n) is 13.1. The molecule has 0 unspecified atom stereocenters. The van der Waals surface area contributed by atoms with Crippen molar-refractivity contribution in [2.45, 2.75) is 84.0 Å². The third-order valence-corrected chi connectivity index (χ3v) is 9.56. The Balaban J connectivity index is 1.27. The minimum Gasteiger partial charge on any atom is -0.360 e. The van der Waals surface area contributed by atoms with Gasteiger partial charge in [0.25, 0.3) is 5.91 Å². The Morgan fingerprint density at radius 3 is 2.19 bits per heavy atom. The van der Waals surface area contributed by atoms with Gasteiger partial charge in [0.05, 0.1) is 5.56 Å². The van der Waals surface area contributed by atoms with Crippen LogP contribution >= 0.6 is 11.6 Å². The first-order chi connectivity index (χ1) is 20.7. The molecule has 43 heavy (non-hydrogen) atoms. The molecule has 1 aromatic heterocycles. The largest absolute Gasteiger partial charge is 0.360 e. The van der Waals surface area contributed by atoms with E-state index in [1.54, 1.807) is 6.20 Å². The summed E-state index contributed by atoms with van der Waals surface area (Å²) in [6.07, 6.45) is 6.50. The lowest BCUT2D eigenvalue weighted by Gasteiger charge is -2.46. The number of hydrogen-bond donors (Lipinski definition) is 2. The number of fused-ring (bicyclic) bond motifs is 1. The third-order valence-electron chi connectivity index (χ3n) is 9.31. The molecule has 2 fully saturated rings. The maximum absolute atomic E-state index is 14.1. The van der Waals surface area contributed by atoms with Crippen molar-refractivity contribution in [3.05, 3.63) is 70.9 Å². The zero-order chi connectivity index (χ0) is 30.5. The summed E-state index contributed by atoms with van der Waals surface area (Å²) in [5.74, 6) is 0.351. The van der Waals surface area contributed by atoms with Gasteiger partial charge in [-0.05, 0) is 82.3 Å². The fraction of sp³-hybridized carbons (Fsp3) is 0.543. The first-order valence-corrected chi connectivity index (χ1v) is 16.5. The van der Waals surface area contributed by atoms with Crippen LogP contribution in [-0.2, 0) is 11.2 Å². The van der Waals surface area contributed by atoms with E-state index >= 15 is 0 Å². The minimum atomic E-state index is -0.661. The topological polar surface area (TPSA) is 71.7 Å². The van der Waals surface area contributed by atoms with E-state index in [-0.39, 0.29) is 11.8 Å². The molecule has 1 atom stereocenters. The van der Waals surface area contributed by atoms with Crippen LogP contribution in [0.5, 0.6) is 0 Å². The van der Waals surface area contributed by atoms with E-state index in [9.17, 15) is 9.59 Å². The zero-order valence-corrected chi connectivity index (χ0v) is 26.9. The van der Waals surface area contributed by atoms with Crippen LogP contribution in [0.1, 0.15) is 69.3 Å². The lowest BCUT2D eigenvalue weighted by atomic mass is 9.94. The zero-order valence-electron chi connectivity index (χ0n) is 26.2. The molecule has 0 saturated carbocycles. The number of carbonyl (C=O) groups is 2. The second-order valence-corrected chi connectivity index (χ2v) is 13.5. The maximum atomic E-state index is 14.1. The number of rotatable bonds is 10. The van der Waals surface area contributed by atoms with Gasteiger partial charge < -0.3 is 20.1 Å². The fourth-order valence-corrected chi connectivity index (χ4v) is 7.07. The molecule has 2 aliphatic rings. The van der Waals surface area contributed by atoms with Gasteiger partial charge in [0.15, 0.2) is 0 Å². The summed E-state index contributed by atoms with van der Waals surface area (Å²) >= 11 is 6.13. The van der Waals surface area contributed by atoms with E-state index in [1.165, 1.54) is 12.8 Å². The highest BCUT2D eigenvalue weighted by Crippen LogP contribution is 2.27. The van der Waals surface area contributed by atoms with E-state index < -0.39 is 6.04 Å². The molecule has 7 nitrogen and oxygen atoms in total. The van der Waals surface area contributed by atoms with Gasteiger partial charge in [0.1, 0.15) is 6.04 Å². The number of benzene rings is 2. The second kappa shape index (κ2) is 14.3. The van der Waals surface area contributed by atoms with Crippen LogP contribution < -0.4 is 5.32 Å². The molecular weight excluding hydrogens is 558 g/mol. The molecule has 0 aliphatic carbocycles. The highest BCUT2D eigenvalue weighted by Gasteiger charge is 2.35. The van der Waals surface area contributed by atoms with Crippen molar-refractivity contribution in [1.29, 1.82) is 0 Å². The molecular formula is C35H48ClN5O2. The molecule has 232 valence electrons. The van der Waals surface area contributed by atoms with Gasteiger partial charge in [-0.25, -0.2) is 0 Å². The first kappa shape index (κ1) is 31.6. The van der Waals surface area contributed by atoms with E-state index in [2.05, 4.69) is 47.8 Å². The lowest BCUT2D eigenvalue weighted by molar-refractivity contribution is -0.135. The fourth-order valence-electron chi connectivity index (χ4n) is 6.94. The maximum Gasteiger partial charge on any atom is 0.254 e. The van der Waals surface area contributed by atoms with E-state index in [0.29, 0.717) is 54.1 Å². The van der Waals surface area contributed by atoms with Crippen LogP contribution in [0.4, 0.5) is 0 Å². The minimum absolute atomic E-state index is 0.0118. The Bertz CT molecular complexity index is 1350. The number of nitrogens with one attached hydrogen (secondary N) is 2. The van der Waals surface area contributed by atoms with Gasteiger partial charge >= 0.3 is 0 Å². The Kier molecular flexibility index (Phi) is 10.5. The number of hydrogen-bond acceptors (Lipinski definition) is 4. The van der Waals surface area contributed by atoms with Crippen LogP contribution in [0, 0.1) is 5.92 Å². The van der Waals surface area contributed by atoms with Gasteiger partial charge in [-0.15, -0.1) is 0 Å². The molecule has 2 aliphatic heterocycles. The molecule has 0 spiro atoms. The highest BCUT2D eigenvalue weighted by atomic mass is 35.5. The molecule has 2 saturated heterocycles. The summed E-state index contributed by atoms with van der Waals surface area (Å²) in [6.45, 7) is 14.1. The predicted octanol–water partition coefficient (Wildman–Crippen LogP) is 5.98. The van der Waals surface area contributed by atoms with Crippen molar-refractivity contribution in [2.75, 3.05) is 32.7 Å². The van der Waals surface area contributed by atoms with Gasteiger partial charge in [-0.3, -0.25) is 14.5 Å². The number of halogens is 1. The van der Waals surface area contributed by atoms with Crippen molar-refractivity contribution in [2.24, 2.45) is 5.92 Å². The molecule has 2 aromatic carbocycles. The van der Waals surface area contributed by atoms with Crippen LogP contribution in [0.25, 0.3) is 10.9 Å². The highest BCUT2D eigenvalue weighted by molar-refractivity contribution is 6.30. The van der Waals surface area contributed by atoms with Crippen LogP contribution in [-0.4, -0.2) is 88.4 Å². The SMILES string of the molecule is CC(C)CN(C1CCN(C(=O)[C@@H](Cc2ccc(Cl)cc2)NC(=O)c2c[nH]c3ccccc23)CC1)C1CCN(C(C)C)CC1. The number of amides is 2. The van der Waals surface area contributed by atoms with Crippen LogP contribution in [0.2, 0.25) is 5.02 Å². The summed E-state index contributed by atoms with van der Waals surface area (Å²) in [7, 11) is 0. The summed E-state index contributed by atoms with van der Waals surface area (Å²) in [4.78, 5) is 38.1. The van der Waals surface area contributed by atoms with Crippen LogP contribution in [0.15, 0.2) is 54.7 Å². The monoisotopic (exact) mass is 605 g/mol. The van der Waals surface area contributed by atoms with Gasteiger partial charge in [-0.1, -0.05) is 55.8 Å². The Labute approximate surface area is 261 Å². The van der Waals surface area contributed by atoms with E-state index in [0.717, 1.165) is 48.9 Å². The van der Waals surface area contributed by atoms with Crippen molar-refractivity contribution in [3.8, 4) is 0 Å². The van der Waals surface area contributed by atoms with E-state index in [4.69, 9.17) is 11.6 Å². The number of H-pyrrole nitrogens is 1. The quantitative estimate of drug-likeness (QED) is 0.298. The molecule has 5 rings (SSSR count). The average molecular weight is 606 g/mol. The summed E-state index contributed by atoms with van der Waals surface area (Å²) in [6, 6.07) is 16.3. The Hall–Kier alpha value is -2.87. The molecule has 0 radical (unpaired) electrons. The van der Waals surface area contributed by atoms with Crippen molar-refractivity contribution < 1.29 is 9.59 Å². The predicted molar refractivity (Wildman–Crippen MR) is 176 cm³/mol. The van der Waals surface area contributed by atoms with Crippen molar-refractivity contribution in [3.63, 3.8) is 0 Å². The molecule has 3 heterocycles. The number of aromatic amines is 1. The Morgan fingerprint density at radius 1 is 0.930 bits per heavy atom. The van der Waals surface area contributed by atoms with Crippen molar-refractivity contribution >= 4 is 34.3 Å². The smallest absolute Gasteiger partial charge is 0.254 e. The number of para-hydroxylation sites is 1. The summed E-state index contributed by atoms with van der Waals surface area (Å²) < 4.78 is 0. The van der Waals surface area contributed by atoms with E-state index in [1.807, 2.05) is 53.4 Å². The number of carbonyl (C=O) groups excluding carboxylic acids is 2. The van der Waals surface area contributed by atoms with Gasteiger partial charge in [-0.2, -0.15) is 0 Å². The number of nitrogens with zero attached hydrogens (tertiary/aromatic N) is 3. The summed E-state index contributed by atoms with van der Waals surface area (Å²) in [5, 5.41) is 4.60. The van der Waals surface area contributed by atoms with Gasteiger partial charge in [0, 0.05) is 66.3 Å². The molecule has 0 bridgehead atoms. The molecule has 8 heteroatoms. The average Bonchev–Trinajstić information content (AvgIpc) is 3.45. The number of likely N-dealkylation sites (tertiary alicyclic amines) is 2. The third kappa shape index (κ3) is 7.81. The Morgan fingerprint density at radius 2 is 1.56 bits per heavy atom. The lowest BCUT2D eigenvalue weighted by Crippen LogP contribution is -2.56. The standard InChI is InChI=1S/C35H48ClN5O2/c1-24(2)23-41(28-13-17-39(18-14-28)25(3)4)29-15-19-40(20-16-29)35(43)33(21-26-9-11-27(36)12-10-26)38-34(42)31-22-37-32-8-6-5-7-30(31)32/h5-12,22,24-25,28-29,33,37H,13-21,23H2,1-4H3,(H,38,42)/t33-/m1/s1. The first-order valence-electron chi connectivity index (χ1n) is 16.1.